The summed E-state index contributed by atoms with van der Waals surface area (Å²) in [6.07, 6.45) is 3.28. The van der Waals surface area contributed by atoms with Crippen LogP contribution < -0.4 is 0 Å². The number of rotatable bonds is 5. The van der Waals surface area contributed by atoms with Gasteiger partial charge in [0.05, 0.1) is 12.2 Å². The van der Waals surface area contributed by atoms with Crippen LogP contribution in [-0.2, 0) is 11.3 Å². The quantitative estimate of drug-likeness (QED) is 0.534. The Labute approximate surface area is 199 Å². The second-order valence-electron chi connectivity index (χ2n) is 8.25. The van der Waals surface area contributed by atoms with Crippen molar-refractivity contribution < 1.29 is 9.59 Å². The number of carbonyl (C=O) groups is 2. The van der Waals surface area contributed by atoms with Crippen molar-refractivity contribution in [2.24, 2.45) is 0 Å². The molecule has 0 radical (unpaired) electrons. The van der Waals surface area contributed by atoms with Crippen LogP contribution in [0.1, 0.15) is 32.7 Å². The van der Waals surface area contributed by atoms with Gasteiger partial charge in [-0.3, -0.25) is 9.59 Å². The number of piperazine rings is 1. The first-order chi connectivity index (χ1) is 15.9. The van der Waals surface area contributed by atoms with Gasteiger partial charge in [0.15, 0.2) is 0 Å². The van der Waals surface area contributed by atoms with E-state index in [4.69, 9.17) is 11.6 Å². The lowest BCUT2D eigenvalue weighted by Crippen LogP contribution is -2.50. The topological polar surface area (TPSA) is 58.4 Å². The first kappa shape index (κ1) is 22.8. The van der Waals surface area contributed by atoms with Gasteiger partial charge in [-0.05, 0) is 37.6 Å². The third-order valence-electron chi connectivity index (χ3n) is 5.85. The van der Waals surface area contributed by atoms with Crippen molar-refractivity contribution in [3.8, 4) is 0 Å². The van der Waals surface area contributed by atoms with Gasteiger partial charge in [0, 0.05) is 43.4 Å². The molecule has 2 aromatic carbocycles. The molecule has 3 aromatic rings. The summed E-state index contributed by atoms with van der Waals surface area (Å²) in [4.78, 5) is 29.0. The summed E-state index contributed by atoms with van der Waals surface area (Å²) in [6, 6.07) is 17.5. The lowest BCUT2D eigenvalue weighted by Gasteiger charge is -2.34. The van der Waals surface area contributed by atoms with Crippen molar-refractivity contribution in [2.75, 3.05) is 26.2 Å². The van der Waals surface area contributed by atoms with Crippen LogP contribution in [0.25, 0.3) is 6.08 Å². The Balaban J connectivity index is 1.36. The van der Waals surface area contributed by atoms with E-state index in [0.717, 1.165) is 22.4 Å². The highest BCUT2D eigenvalue weighted by Crippen LogP contribution is 2.22. The summed E-state index contributed by atoms with van der Waals surface area (Å²) in [5.74, 6) is -0.0883. The highest BCUT2D eigenvalue weighted by molar-refractivity contribution is 6.31. The van der Waals surface area contributed by atoms with E-state index in [1.54, 1.807) is 26.6 Å². The Kier molecular flexibility index (Phi) is 6.94. The van der Waals surface area contributed by atoms with Crippen molar-refractivity contribution in [1.29, 1.82) is 0 Å². The maximum absolute atomic E-state index is 12.7. The first-order valence-corrected chi connectivity index (χ1v) is 11.4. The first-order valence-electron chi connectivity index (χ1n) is 11.0. The van der Waals surface area contributed by atoms with E-state index in [0.29, 0.717) is 43.4 Å². The second kappa shape index (κ2) is 10.0. The zero-order chi connectivity index (χ0) is 23.4. The molecule has 1 aromatic heterocycles. The van der Waals surface area contributed by atoms with E-state index in [2.05, 4.69) is 5.10 Å². The van der Waals surface area contributed by atoms with Gasteiger partial charge >= 0.3 is 0 Å². The number of nitrogens with zero attached hydrogens (tertiary/aromatic N) is 4. The van der Waals surface area contributed by atoms with Gasteiger partial charge in [-0.15, -0.1) is 0 Å². The SMILES string of the molecule is Cc1ccc(C(=O)N2CCN(C(=O)/C=C/c3c(C)nn(Cc4ccccc4)c3Cl)CC2)cc1. The van der Waals surface area contributed by atoms with Crippen molar-refractivity contribution >= 4 is 29.5 Å². The lowest BCUT2D eigenvalue weighted by atomic mass is 10.1. The smallest absolute Gasteiger partial charge is 0.253 e. The highest BCUT2D eigenvalue weighted by atomic mass is 35.5. The maximum Gasteiger partial charge on any atom is 0.253 e. The maximum atomic E-state index is 12.7. The molecular weight excluding hydrogens is 436 g/mol. The minimum atomic E-state index is -0.0938. The third-order valence-corrected chi connectivity index (χ3v) is 6.25. The fraction of sp³-hybridized carbons (Fsp3) is 0.269. The Morgan fingerprint density at radius 1 is 0.939 bits per heavy atom. The van der Waals surface area contributed by atoms with Gasteiger partial charge < -0.3 is 9.80 Å². The summed E-state index contributed by atoms with van der Waals surface area (Å²) in [7, 11) is 0. The van der Waals surface area contributed by atoms with Crippen molar-refractivity contribution in [3.63, 3.8) is 0 Å². The molecule has 170 valence electrons. The van der Waals surface area contributed by atoms with Crippen LogP contribution >= 0.6 is 11.6 Å². The fourth-order valence-electron chi connectivity index (χ4n) is 3.89. The molecule has 1 aliphatic heterocycles. The van der Waals surface area contributed by atoms with Crippen LogP contribution in [0.5, 0.6) is 0 Å². The number of hydrogen-bond donors (Lipinski definition) is 0. The monoisotopic (exact) mass is 462 g/mol. The highest BCUT2D eigenvalue weighted by Gasteiger charge is 2.24. The van der Waals surface area contributed by atoms with E-state index in [1.807, 2.05) is 68.4 Å². The molecule has 7 heteroatoms. The largest absolute Gasteiger partial charge is 0.336 e. The van der Waals surface area contributed by atoms with Crippen molar-refractivity contribution in [1.82, 2.24) is 19.6 Å². The van der Waals surface area contributed by atoms with Gasteiger partial charge in [-0.2, -0.15) is 5.10 Å². The molecule has 0 aliphatic carbocycles. The third kappa shape index (κ3) is 5.34. The average Bonchev–Trinajstić information content (AvgIpc) is 3.10. The summed E-state index contributed by atoms with van der Waals surface area (Å²) in [6.45, 7) is 6.48. The molecule has 0 atom stereocenters. The molecule has 33 heavy (non-hydrogen) atoms. The van der Waals surface area contributed by atoms with E-state index < -0.39 is 0 Å². The van der Waals surface area contributed by atoms with Gasteiger partial charge in [-0.1, -0.05) is 59.6 Å². The van der Waals surface area contributed by atoms with E-state index in [9.17, 15) is 9.59 Å². The molecule has 6 nitrogen and oxygen atoms in total. The molecule has 0 spiro atoms. The minimum absolute atomic E-state index is 0.00544. The molecule has 0 N–H and O–H groups in total. The van der Waals surface area contributed by atoms with Crippen molar-refractivity contribution in [2.45, 2.75) is 20.4 Å². The summed E-state index contributed by atoms with van der Waals surface area (Å²) < 4.78 is 1.74. The predicted molar refractivity (Wildman–Crippen MR) is 130 cm³/mol. The molecule has 1 fully saturated rings. The Bertz CT molecular complexity index is 1160. The van der Waals surface area contributed by atoms with E-state index >= 15 is 0 Å². The molecule has 4 rings (SSSR count). The Morgan fingerprint density at radius 3 is 2.24 bits per heavy atom. The summed E-state index contributed by atoms with van der Waals surface area (Å²) in [5.41, 5.74) is 4.42. The van der Waals surface area contributed by atoms with Gasteiger partial charge in [-0.25, -0.2) is 4.68 Å². The van der Waals surface area contributed by atoms with Crippen LogP contribution in [0, 0.1) is 13.8 Å². The number of carbonyl (C=O) groups excluding carboxylic acids is 2. The average molecular weight is 463 g/mol. The number of halogens is 1. The summed E-state index contributed by atoms with van der Waals surface area (Å²) >= 11 is 6.55. The Hall–Kier alpha value is -3.38. The van der Waals surface area contributed by atoms with Gasteiger partial charge in [0.1, 0.15) is 5.15 Å². The van der Waals surface area contributed by atoms with Gasteiger partial charge in [0.25, 0.3) is 5.91 Å². The summed E-state index contributed by atoms with van der Waals surface area (Å²) in [5, 5.41) is 5.03. The molecule has 0 unspecified atom stereocenters. The molecule has 0 saturated carbocycles. The molecule has 2 heterocycles. The minimum Gasteiger partial charge on any atom is -0.336 e. The van der Waals surface area contributed by atoms with Crippen LogP contribution in [0.4, 0.5) is 0 Å². The number of benzene rings is 2. The van der Waals surface area contributed by atoms with Crippen LogP contribution in [0.3, 0.4) is 0 Å². The fourth-order valence-corrected chi connectivity index (χ4v) is 4.18. The number of aryl methyl sites for hydroxylation is 2. The van der Waals surface area contributed by atoms with Crippen LogP contribution in [0.15, 0.2) is 60.7 Å². The predicted octanol–water partition coefficient (Wildman–Crippen LogP) is 4.20. The molecule has 2 amide bonds. The normalized spacial score (nSPS) is 14.2. The number of amides is 2. The van der Waals surface area contributed by atoms with E-state index in [1.165, 1.54) is 0 Å². The molecule has 1 aliphatic rings. The van der Waals surface area contributed by atoms with E-state index in [-0.39, 0.29) is 11.8 Å². The van der Waals surface area contributed by atoms with Crippen LogP contribution in [0.2, 0.25) is 5.15 Å². The second-order valence-corrected chi connectivity index (χ2v) is 8.61. The van der Waals surface area contributed by atoms with Crippen molar-refractivity contribution in [3.05, 3.63) is 93.8 Å². The zero-order valence-electron chi connectivity index (χ0n) is 18.9. The number of aromatic nitrogens is 2. The lowest BCUT2D eigenvalue weighted by molar-refractivity contribution is -0.127. The Morgan fingerprint density at radius 2 is 1.58 bits per heavy atom. The van der Waals surface area contributed by atoms with Gasteiger partial charge in [0.2, 0.25) is 5.91 Å². The molecule has 1 saturated heterocycles. The number of hydrogen-bond acceptors (Lipinski definition) is 3. The molecular formula is C26H27ClN4O2. The molecule has 0 bridgehead atoms. The standard InChI is InChI=1S/C26H27ClN4O2/c1-19-8-10-22(11-9-19)26(33)30-16-14-29(15-17-30)24(32)13-12-23-20(2)28-31(25(23)27)18-21-6-4-3-5-7-21/h3-13H,14-18H2,1-2H3/b13-12+. The zero-order valence-corrected chi connectivity index (χ0v) is 19.6. The van der Waals surface area contributed by atoms with Crippen LogP contribution in [-0.4, -0.2) is 57.6 Å².